The Morgan fingerprint density at radius 3 is 2.83 bits per heavy atom. The Morgan fingerprint density at radius 1 is 1.34 bits per heavy atom. The Labute approximate surface area is 178 Å². The lowest BCUT2D eigenvalue weighted by Crippen LogP contribution is -2.42. The third kappa shape index (κ3) is 6.16. The van der Waals surface area contributed by atoms with Crippen LogP contribution in [0.1, 0.15) is 23.7 Å². The summed E-state index contributed by atoms with van der Waals surface area (Å²) in [5, 5.41) is 22.7. The summed E-state index contributed by atoms with van der Waals surface area (Å²) in [5.41, 5.74) is 0.415. The van der Waals surface area contributed by atoms with Crippen LogP contribution in [0.25, 0.3) is 0 Å². The normalized spacial score (nSPS) is 20.2. The van der Waals surface area contributed by atoms with Crippen LogP contribution in [0.2, 0.25) is 0 Å². The fourth-order valence-electron chi connectivity index (χ4n) is 3.33. The molecule has 1 aromatic carbocycles. The van der Waals surface area contributed by atoms with Gasteiger partial charge in [-0.25, -0.2) is 4.98 Å². The van der Waals surface area contributed by atoms with Crippen LogP contribution in [0.3, 0.4) is 0 Å². The largest absolute Gasteiger partial charge is 0.490 e. The molecule has 7 nitrogen and oxygen atoms in total. The van der Waals surface area contributed by atoms with E-state index in [-0.39, 0.29) is 25.2 Å². The number of hydrogen-bond donors (Lipinski definition) is 3. The summed E-state index contributed by atoms with van der Waals surface area (Å²) in [4.78, 5) is 18.7. The summed E-state index contributed by atoms with van der Waals surface area (Å²) in [6, 6.07) is 10.9. The number of anilines is 1. The second-order valence-electron chi connectivity index (χ2n) is 7.41. The highest BCUT2D eigenvalue weighted by molar-refractivity contribution is 9.10. The maximum absolute atomic E-state index is 12.3. The summed E-state index contributed by atoms with van der Waals surface area (Å²) >= 11 is 3.38. The van der Waals surface area contributed by atoms with Gasteiger partial charge in [-0.3, -0.25) is 4.79 Å². The van der Waals surface area contributed by atoms with Gasteiger partial charge in [-0.1, -0.05) is 19.1 Å². The van der Waals surface area contributed by atoms with E-state index in [1.54, 1.807) is 18.2 Å². The van der Waals surface area contributed by atoms with Crippen molar-refractivity contribution < 1.29 is 19.7 Å². The van der Waals surface area contributed by atoms with Crippen molar-refractivity contribution >= 4 is 27.7 Å². The molecule has 1 aromatic heterocycles. The van der Waals surface area contributed by atoms with Gasteiger partial charge >= 0.3 is 0 Å². The number of nitrogens with one attached hydrogen (secondary N) is 1. The van der Waals surface area contributed by atoms with Crippen molar-refractivity contribution in [3.05, 3.63) is 52.6 Å². The molecule has 1 aliphatic heterocycles. The number of pyridine rings is 1. The number of hydrogen-bond acceptors (Lipinski definition) is 6. The van der Waals surface area contributed by atoms with E-state index in [4.69, 9.17) is 4.74 Å². The van der Waals surface area contributed by atoms with Crippen molar-refractivity contribution in [2.24, 2.45) is 5.92 Å². The molecule has 0 radical (unpaired) electrons. The average molecular weight is 464 g/mol. The quantitative estimate of drug-likeness (QED) is 0.582. The van der Waals surface area contributed by atoms with Crippen LogP contribution in [-0.2, 0) is 0 Å². The van der Waals surface area contributed by atoms with Crippen LogP contribution in [0, 0.1) is 5.92 Å². The van der Waals surface area contributed by atoms with E-state index in [9.17, 15) is 15.0 Å². The molecule has 0 aliphatic carbocycles. The SMILES string of the molecule is C[C@@H]1C[C@H](O)CN(c2ccc(C(=O)NCC(O)COc3ccccc3Br)cn2)C1. The first-order chi connectivity index (χ1) is 13.9. The number of ether oxygens (including phenoxy) is 1. The van der Waals surface area contributed by atoms with Crippen molar-refractivity contribution in [1.82, 2.24) is 10.3 Å². The molecule has 2 aromatic rings. The topological polar surface area (TPSA) is 94.9 Å². The molecule has 0 spiro atoms. The van der Waals surface area contributed by atoms with E-state index in [0.717, 1.165) is 23.3 Å². The van der Waals surface area contributed by atoms with Gasteiger partial charge in [-0.2, -0.15) is 0 Å². The number of amides is 1. The van der Waals surface area contributed by atoms with Gasteiger partial charge in [-0.05, 0) is 52.5 Å². The standard InChI is InChI=1S/C21H26BrN3O4/c1-14-8-16(26)12-25(11-14)20-7-6-15(9-23-20)21(28)24-10-17(27)13-29-19-5-3-2-4-18(19)22/h2-7,9,14,16-17,26-27H,8,10-13H2,1H3,(H,24,28)/t14-,16+,17?/m1/s1. The number of β-amino-alcohol motifs (C(OH)–C–C–N with tert-alkyl or cyclic N) is 1. The molecule has 0 saturated carbocycles. The number of para-hydroxylation sites is 1. The number of carbonyl (C=O) groups excluding carboxylic acids is 1. The first-order valence-electron chi connectivity index (χ1n) is 9.65. The monoisotopic (exact) mass is 463 g/mol. The zero-order chi connectivity index (χ0) is 20.8. The van der Waals surface area contributed by atoms with E-state index >= 15 is 0 Å². The number of aliphatic hydroxyl groups is 2. The van der Waals surface area contributed by atoms with Gasteiger partial charge < -0.3 is 25.2 Å². The number of carbonyl (C=O) groups is 1. The van der Waals surface area contributed by atoms with E-state index < -0.39 is 6.10 Å². The second-order valence-corrected chi connectivity index (χ2v) is 8.26. The Bertz CT molecular complexity index is 808. The molecule has 8 heteroatoms. The molecule has 1 unspecified atom stereocenters. The van der Waals surface area contributed by atoms with Crippen LogP contribution in [0.15, 0.2) is 47.1 Å². The smallest absolute Gasteiger partial charge is 0.252 e. The summed E-state index contributed by atoms with van der Waals surface area (Å²) in [6.45, 7) is 3.62. The first-order valence-corrected chi connectivity index (χ1v) is 10.4. The van der Waals surface area contributed by atoms with E-state index in [2.05, 4.69) is 33.2 Å². The molecular weight excluding hydrogens is 438 g/mol. The zero-order valence-corrected chi connectivity index (χ0v) is 17.9. The molecule has 3 N–H and O–H groups in total. The highest BCUT2D eigenvalue weighted by atomic mass is 79.9. The number of aliphatic hydroxyl groups excluding tert-OH is 2. The van der Waals surface area contributed by atoms with Crippen LogP contribution in [0.5, 0.6) is 5.75 Å². The molecule has 1 saturated heterocycles. The van der Waals surface area contributed by atoms with Crippen LogP contribution in [-0.4, -0.2) is 59.6 Å². The van der Waals surface area contributed by atoms with Gasteiger partial charge in [0, 0.05) is 25.8 Å². The molecule has 29 heavy (non-hydrogen) atoms. The minimum Gasteiger partial charge on any atom is -0.490 e. The lowest BCUT2D eigenvalue weighted by Gasteiger charge is -2.34. The molecule has 3 rings (SSSR count). The summed E-state index contributed by atoms with van der Waals surface area (Å²) in [5.74, 6) is 1.46. The minimum absolute atomic E-state index is 0.0650. The first kappa shape index (κ1) is 21.5. The van der Waals surface area contributed by atoms with Gasteiger partial charge in [-0.15, -0.1) is 0 Å². The second kappa shape index (κ2) is 10.0. The highest BCUT2D eigenvalue weighted by Crippen LogP contribution is 2.24. The zero-order valence-electron chi connectivity index (χ0n) is 16.3. The van der Waals surface area contributed by atoms with Gasteiger partial charge in [0.25, 0.3) is 5.91 Å². The Kier molecular flexibility index (Phi) is 7.46. The van der Waals surface area contributed by atoms with E-state index in [0.29, 0.717) is 23.8 Å². The number of aromatic nitrogens is 1. The number of benzene rings is 1. The third-order valence-corrected chi connectivity index (χ3v) is 5.39. The Hall–Kier alpha value is -2.16. The Morgan fingerprint density at radius 2 is 2.14 bits per heavy atom. The van der Waals surface area contributed by atoms with Crippen molar-refractivity contribution in [3.8, 4) is 5.75 Å². The fraction of sp³-hybridized carbons (Fsp3) is 0.429. The summed E-state index contributed by atoms with van der Waals surface area (Å²) in [6.07, 6.45) is 1.11. The number of halogens is 1. The summed E-state index contributed by atoms with van der Waals surface area (Å²) < 4.78 is 6.35. The molecule has 1 amide bonds. The lowest BCUT2D eigenvalue weighted by molar-refractivity contribution is 0.0842. The van der Waals surface area contributed by atoms with Crippen molar-refractivity contribution in [2.75, 3.05) is 31.1 Å². The predicted octanol–water partition coefficient (Wildman–Crippen LogP) is 2.22. The van der Waals surface area contributed by atoms with Gasteiger partial charge in [0.15, 0.2) is 0 Å². The number of nitrogens with zero attached hydrogens (tertiary/aromatic N) is 2. The molecule has 1 aliphatic rings. The maximum Gasteiger partial charge on any atom is 0.252 e. The third-order valence-electron chi connectivity index (χ3n) is 4.74. The Balaban J connectivity index is 1.47. The molecule has 1 fully saturated rings. The molecule has 0 bridgehead atoms. The molecular formula is C21H26BrN3O4. The van der Waals surface area contributed by atoms with E-state index in [1.165, 1.54) is 6.20 Å². The molecule has 156 valence electrons. The van der Waals surface area contributed by atoms with Crippen molar-refractivity contribution in [3.63, 3.8) is 0 Å². The highest BCUT2D eigenvalue weighted by Gasteiger charge is 2.24. The van der Waals surface area contributed by atoms with E-state index in [1.807, 2.05) is 23.1 Å². The molecule has 2 heterocycles. The predicted molar refractivity (Wildman–Crippen MR) is 114 cm³/mol. The van der Waals surface area contributed by atoms with Gasteiger partial charge in [0.1, 0.15) is 24.3 Å². The van der Waals surface area contributed by atoms with Crippen LogP contribution < -0.4 is 15.0 Å². The number of piperidine rings is 1. The fourth-order valence-corrected chi connectivity index (χ4v) is 3.73. The van der Waals surface area contributed by atoms with Crippen LogP contribution >= 0.6 is 15.9 Å². The summed E-state index contributed by atoms with van der Waals surface area (Å²) in [7, 11) is 0. The van der Waals surface area contributed by atoms with Crippen molar-refractivity contribution in [2.45, 2.75) is 25.6 Å². The lowest BCUT2D eigenvalue weighted by atomic mass is 9.98. The van der Waals surface area contributed by atoms with Gasteiger partial charge in [0.2, 0.25) is 0 Å². The average Bonchev–Trinajstić information content (AvgIpc) is 2.71. The number of rotatable bonds is 7. The minimum atomic E-state index is -0.838. The molecule has 3 atom stereocenters. The van der Waals surface area contributed by atoms with Crippen molar-refractivity contribution in [1.29, 1.82) is 0 Å². The van der Waals surface area contributed by atoms with Crippen LogP contribution in [0.4, 0.5) is 5.82 Å². The maximum atomic E-state index is 12.3. The van der Waals surface area contributed by atoms with Gasteiger partial charge in [0.05, 0.1) is 16.1 Å².